The molecule has 0 aromatic carbocycles. The third-order valence-electron chi connectivity index (χ3n) is 4.58. The van der Waals surface area contributed by atoms with Crippen LogP contribution in [0.25, 0.3) is 0 Å². The smallest absolute Gasteiger partial charge is 0.289 e. The number of hydrogen-bond donors (Lipinski definition) is 1. The lowest BCUT2D eigenvalue weighted by atomic mass is 10.2. The molecule has 1 saturated heterocycles. The van der Waals surface area contributed by atoms with E-state index in [2.05, 4.69) is 38.6 Å². The molecule has 0 spiro atoms. The van der Waals surface area contributed by atoms with Crippen molar-refractivity contribution < 1.29 is 9.21 Å². The zero-order valence-corrected chi connectivity index (χ0v) is 16.3. The molecule has 0 unspecified atom stereocenters. The summed E-state index contributed by atoms with van der Waals surface area (Å²) in [6.45, 7) is 8.70. The van der Waals surface area contributed by atoms with Gasteiger partial charge in [0.15, 0.2) is 11.7 Å². The summed E-state index contributed by atoms with van der Waals surface area (Å²) in [5.41, 5.74) is 0. The third kappa shape index (κ3) is 4.69. The van der Waals surface area contributed by atoms with Crippen molar-refractivity contribution in [2.24, 2.45) is 10.9 Å². The molecule has 1 amide bonds. The minimum Gasteiger partial charge on any atom is -0.459 e. The Bertz CT molecular complexity index is 757. The predicted molar refractivity (Wildman–Crippen MR) is 103 cm³/mol. The fourth-order valence-electron chi connectivity index (χ4n) is 3.23. The predicted octanol–water partition coefficient (Wildman–Crippen LogP) is 1.67. The molecule has 3 heterocycles. The molecule has 2 aromatic heterocycles. The summed E-state index contributed by atoms with van der Waals surface area (Å²) in [4.78, 5) is 25.2. The minimum atomic E-state index is -0.0571. The number of carbonyl (C=O) groups is 1. The van der Waals surface area contributed by atoms with Crippen molar-refractivity contribution >= 4 is 11.9 Å². The molecule has 2 aromatic rings. The molecule has 1 aliphatic heterocycles. The molecule has 8 nitrogen and oxygen atoms in total. The lowest BCUT2D eigenvalue weighted by molar-refractivity contribution is 0.0657. The SMILES string of the molecule is CN=C(NCc1nccn1CC(C)C)N1CCN(C(=O)c2ccco2)CC1. The lowest BCUT2D eigenvalue weighted by Gasteiger charge is -2.36. The highest BCUT2D eigenvalue weighted by Crippen LogP contribution is 2.10. The van der Waals surface area contributed by atoms with Crippen LogP contribution in [0.2, 0.25) is 0 Å². The Morgan fingerprint density at radius 2 is 2.04 bits per heavy atom. The van der Waals surface area contributed by atoms with Crippen LogP contribution in [0.15, 0.2) is 40.2 Å². The summed E-state index contributed by atoms with van der Waals surface area (Å²) in [6.07, 6.45) is 5.37. The number of carbonyl (C=O) groups excluding carboxylic acids is 1. The van der Waals surface area contributed by atoms with Crippen LogP contribution in [0.5, 0.6) is 0 Å². The number of nitrogens with zero attached hydrogens (tertiary/aromatic N) is 5. The molecule has 8 heteroatoms. The van der Waals surface area contributed by atoms with E-state index in [-0.39, 0.29) is 5.91 Å². The first-order valence-corrected chi connectivity index (χ1v) is 9.37. The van der Waals surface area contributed by atoms with Crippen molar-refractivity contribution in [3.05, 3.63) is 42.4 Å². The van der Waals surface area contributed by atoms with E-state index in [4.69, 9.17) is 4.42 Å². The van der Waals surface area contributed by atoms with Crippen LogP contribution in [-0.2, 0) is 13.1 Å². The van der Waals surface area contributed by atoms with Crippen LogP contribution in [-0.4, -0.2) is 64.4 Å². The van der Waals surface area contributed by atoms with Gasteiger partial charge in [0, 0.05) is 52.2 Å². The van der Waals surface area contributed by atoms with Crippen molar-refractivity contribution in [1.82, 2.24) is 24.7 Å². The lowest BCUT2D eigenvalue weighted by Crippen LogP contribution is -2.53. The Balaban J connectivity index is 1.52. The Labute approximate surface area is 159 Å². The average Bonchev–Trinajstić information content (AvgIpc) is 3.34. The number of aliphatic imine (C=N–C) groups is 1. The van der Waals surface area contributed by atoms with Gasteiger partial charge >= 0.3 is 0 Å². The first-order chi connectivity index (χ1) is 13.1. The Hall–Kier alpha value is -2.77. The number of guanidine groups is 1. The van der Waals surface area contributed by atoms with Gasteiger partial charge in [-0.25, -0.2) is 4.98 Å². The normalized spacial score (nSPS) is 15.5. The molecule has 1 N–H and O–H groups in total. The first-order valence-electron chi connectivity index (χ1n) is 9.37. The topological polar surface area (TPSA) is 78.9 Å². The maximum atomic E-state index is 12.4. The van der Waals surface area contributed by atoms with Gasteiger partial charge < -0.3 is 24.1 Å². The molecule has 146 valence electrons. The number of amides is 1. The summed E-state index contributed by atoms with van der Waals surface area (Å²) >= 11 is 0. The monoisotopic (exact) mass is 372 g/mol. The van der Waals surface area contributed by atoms with Crippen molar-refractivity contribution in [2.45, 2.75) is 26.9 Å². The van der Waals surface area contributed by atoms with E-state index in [0.717, 1.165) is 31.4 Å². The second-order valence-electron chi connectivity index (χ2n) is 7.05. The molecule has 3 rings (SSSR count). The molecular formula is C19H28N6O2. The van der Waals surface area contributed by atoms with Crippen molar-refractivity contribution in [3.8, 4) is 0 Å². The Kier molecular flexibility index (Phi) is 6.16. The number of furan rings is 1. The summed E-state index contributed by atoms with van der Waals surface area (Å²) in [5, 5.41) is 3.40. The Morgan fingerprint density at radius 1 is 1.30 bits per heavy atom. The zero-order valence-electron chi connectivity index (χ0n) is 16.3. The second-order valence-corrected chi connectivity index (χ2v) is 7.05. The van der Waals surface area contributed by atoms with Crippen molar-refractivity contribution in [3.63, 3.8) is 0 Å². The van der Waals surface area contributed by atoms with E-state index in [1.54, 1.807) is 19.2 Å². The highest BCUT2D eigenvalue weighted by molar-refractivity contribution is 5.91. The van der Waals surface area contributed by atoms with E-state index in [1.807, 2.05) is 17.3 Å². The van der Waals surface area contributed by atoms with E-state index < -0.39 is 0 Å². The maximum Gasteiger partial charge on any atom is 0.289 e. The van der Waals surface area contributed by atoms with Gasteiger partial charge in [0.25, 0.3) is 5.91 Å². The molecule has 1 aliphatic rings. The van der Waals surface area contributed by atoms with Gasteiger partial charge in [-0.2, -0.15) is 0 Å². The first kappa shape index (κ1) is 19.0. The average molecular weight is 372 g/mol. The maximum absolute atomic E-state index is 12.4. The van der Waals surface area contributed by atoms with Gasteiger partial charge in [-0.15, -0.1) is 0 Å². The molecular weight excluding hydrogens is 344 g/mol. The van der Waals surface area contributed by atoms with Crippen LogP contribution in [0.3, 0.4) is 0 Å². The molecule has 0 aliphatic carbocycles. The van der Waals surface area contributed by atoms with Crippen LogP contribution in [0, 0.1) is 5.92 Å². The van der Waals surface area contributed by atoms with E-state index in [9.17, 15) is 4.79 Å². The highest BCUT2D eigenvalue weighted by Gasteiger charge is 2.25. The number of hydrogen-bond acceptors (Lipinski definition) is 4. The van der Waals surface area contributed by atoms with Gasteiger partial charge in [0.1, 0.15) is 5.82 Å². The van der Waals surface area contributed by atoms with Crippen LogP contribution in [0.4, 0.5) is 0 Å². The minimum absolute atomic E-state index is 0.0571. The summed E-state index contributed by atoms with van der Waals surface area (Å²) < 4.78 is 7.38. The van der Waals surface area contributed by atoms with Gasteiger partial charge in [-0.1, -0.05) is 13.8 Å². The molecule has 0 atom stereocenters. The fourth-order valence-corrected chi connectivity index (χ4v) is 3.23. The third-order valence-corrected chi connectivity index (χ3v) is 4.58. The van der Waals surface area contributed by atoms with Gasteiger partial charge in [0.05, 0.1) is 12.8 Å². The van der Waals surface area contributed by atoms with Crippen molar-refractivity contribution in [2.75, 3.05) is 33.2 Å². The quantitative estimate of drug-likeness (QED) is 0.638. The largest absolute Gasteiger partial charge is 0.459 e. The van der Waals surface area contributed by atoms with E-state index in [1.165, 1.54) is 6.26 Å². The fraction of sp³-hybridized carbons (Fsp3) is 0.526. The molecule has 0 radical (unpaired) electrons. The number of aromatic nitrogens is 2. The summed E-state index contributed by atoms with van der Waals surface area (Å²) in [7, 11) is 1.78. The van der Waals surface area contributed by atoms with Crippen molar-refractivity contribution in [1.29, 1.82) is 0 Å². The molecule has 0 saturated carbocycles. The Morgan fingerprint density at radius 3 is 2.67 bits per heavy atom. The summed E-state index contributed by atoms with van der Waals surface area (Å²) in [5.74, 6) is 2.73. The van der Waals surface area contributed by atoms with Crippen LogP contribution >= 0.6 is 0 Å². The number of imidazole rings is 1. The van der Waals surface area contributed by atoms with Gasteiger partial charge in [-0.3, -0.25) is 9.79 Å². The summed E-state index contributed by atoms with van der Waals surface area (Å²) in [6, 6.07) is 3.44. The van der Waals surface area contributed by atoms with Crippen LogP contribution < -0.4 is 5.32 Å². The second kappa shape index (κ2) is 8.75. The van der Waals surface area contributed by atoms with E-state index >= 15 is 0 Å². The number of piperazine rings is 1. The van der Waals surface area contributed by atoms with E-state index in [0.29, 0.717) is 31.3 Å². The van der Waals surface area contributed by atoms with Gasteiger partial charge in [0.2, 0.25) is 0 Å². The molecule has 0 bridgehead atoms. The molecule has 1 fully saturated rings. The standard InChI is InChI=1S/C19H28N6O2/c1-15(2)14-25-7-6-21-17(25)13-22-19(20-3)24-10-8-23(9-11-24)18(26)16-5-4-12-27-16/h4-7,12,15H,8-11,13-14H2,1-3H3,(H,20,22). The van der Waals surface area contributed by atoms with Gasteiger partial charge in [-0.05, 0) is 18.1 Å². The number of nitrogens with one attached hydrogen (secondary N) is 1. The van der Waals surface area contributed by atoms with Crippen LogP contribution in [0.1, 0.15) is 30.2 Å². The number of rotatable bonds is 5. The molecule has 27 heavy (non-hydrogen) atoms. The highest BCUT2D eigenvalue weighted by atomic mass is 16.3. The zero-order chi connectivity index (χ0) is 19.2.